The molecule has 0 aliphatic carbocycles. The standard InChI is InChI=1S/C17H34O6.C5H10O2/c1-9-10-11-13(14(18)19)12-17(8,22-20-15(2,3)4)23-21-16(5,6)7;1-2-3-4-5(6)7/h13H,9-12H2,1-8H3,(H,18,19);2-4H2,1H3,(H,6,7). The molecule has 8 heteroatoms. The fraction of sp³-hybridized carbons (Fsp3) is 0.909. The van der Waals surface area contributed by atoms with E-state index in [-0.39, 0.29) is 6.42 Å². The second-order valence-electron chi connectivity index (χ2n) is 9.57. The number of rotatable bonds is 13. The molecule has 180 valence electrons. The van der Waals surface area contributed by atoms with E-state index in [1.54, 1.807) is 6.92 Å². The van der Waals surface area contributed by atoms with Crippen molar-refractivity contribution in [3.05, 3.63) is 0 Å². The molecule has 0 rings (SSSR count). The Morgan fingerprint density at radius 2 is 1.20 bits per heavy atom. The zero-order chi connectivity index (χ0) is 24.0. The minimum atomic E-state index is -1.31. The molecule has 0 aliphatic heterocycles. The van der Waals surface area contributed by atoms with Crippen molar-refractivity contribution in [2.45, 2.75) is 124 Å². The van der Waals surface area contributed by atoms with Gasteiger partial charge in [0, 0.05) is 12.8 Å². The van der Waals surface area contributed by atoms with Gasteiger partial charge in [-0.25, -0.2) is 9.78 Å². The molecule has 8 nitrogen and oxygen atoms in total. The van der Waals surface area contributed by atoms with Gasteiger partial charge in [0.25, 0.3) is 0 Å². The molecule has 1 atom stereocenters. The van der Waals surface area contributed by atoms with Crippen LogP contribution in [-0.4, -0.2) is 39.1 Å². The van der Waals surface area contributed by atoms with Crippen molar-refractivity contribution >= 4 is 11.9 Å². The van der Waals surface area contributed by atoms with Crippen LogP contribution in [0.4, 0.5) is 0 Å². The third-order valence-corrected chi connectivity index (χ3v) is 3.55. The first-order chi connectivity index (χ1) is 13.5. The van der Waals surface area contributed by atoms with Crippen LogP contribution in [0.5, 0.6) is 0 Å². The minimum Gasteiger partial charge on any atom is -0.481 e. The van der Waals surface area contributed by atoms with Gasteiger partial charge in [0.2, 0.25) is 5.79 Å². The first kappa shape index (κ1) is 31.0. The van der Waals surface area contributed by atoms with E-state index in [1.165, 1.54) is 0 Å². The number of unbranched alkanes of at least 4 members (excludes halogenated alkanes) is 2. The van der Waals surface area contributed by atoms with Gasteiger partial charge in [-0.1, -0.05) is 33.1 Å². The Bertz CT molecular complexity index is 459. The Kier molecular flexibility index (Phi) is 15.2. The monoisotopic (exact) mass is 436 g/mol. The summed E-state index contributed by atoms with van der Waals surface area (Å²) >= 11 is 0. The van der Waals surface area contributed by atoms with Gasteiger partial charge in [-0.3, -0.25) is 9.59 Å². The average Bonchev–Trinajstić information content (AvgIpc) is 2.59. The van der Waals surface area contributed by atoms with Crippen molar-refractivity contribution in [1.82, 2.24) is 0 Å². The maximum absolute atomic E-state index is 11.5. The van der Waals surface area contributed by atoms with Crippen molar-refractivity contribution in [1.29, 1.82) is 0 Å². The number of hydrogen-bond donors (Lipinski definition) is 2. The summed E-state index contributed by atoms with van der Waals surface area (Å²) in [4.78, 5) is 42.8. The first-order valence-corrected chi connectivity index (χ1v) is 10.7. The summed E-state index contributed by atoms with van der Waals surface area (Å²) in [5, 5.41) is 17.5. The molecule has 0 spiro atoms. The third kappa shape index (κ3) is 20.1. The summed E-state index contributed by atoms with van der Waals surface area (Å²) in [5.41, 5.74) is -1.09. The molecule has 0 saturated heterocycles. The molecule has 0 aromatic heterocycles. The van der Waals surface area contributed by atoms with Gasteiger partial charge in [0.1, 0.15) is 0 Å². The van der Waals surface area contributed by atoms with Gasteiger partial charge < -0.3 is 10.2 Å². The van der Waals surface area contributed by atoms with Crippen molar-refractivity contribution < 1.29 is 39.4 Å². The van der Waals surface area contributed by atoms with Crippen molar-refractivity contribution in [2.24, 2.45) is 5.92 Å². The Morgan fingerprint density at radius 3 is 1.47 bits per heavy atom. The Hall–Kier alpha value is -1.22. The Labute approximate surface area is 182 Å². The van der Waals surface area contributed by atoms with Crippen molar-refractivity contribution in [2.75, 3.05) is 0 Å². The van der Waals surface area contributed by atoms with Gasteiger partial charge in [-0.05, 0) is 61.3 Å². The van der Waals surface area contributed by atoms with E-state index in [1.807, 2.05) is 55.4 Å². The van der Waals surface area contributed by atoms with Crippen LogP contribution in [0.1, 0.15) is 107 Å². The Morgan fingerprint density at radius 1 is 0.767 bits per heavy atom. The molecule has 0 aliphatic rings. The summed E-state index contributed by atoms with van der Waals surface area (Å²) in [6.45, 7) is 16.7. The third-order valence-electron chi connectivity index (χ3n) is 3.55. The topological polar surface area (TPSA) is 112 Å². The normalized spacial score (nSPS) is 13.4. The van der Waals surface area contributed by atoms with Gasteiger partial charge >= 0.3 is 11.9 Å². The molecule has 0 heterocycles. The molecular weight excluding hydrogens is 392 g/mol. The zero-order valence-corrected chi connectivity index (χ0v) is 20.4. The molecule has 0 fully saturated rings. The number of hydrogen-bond acceptors (Lipinski definition) is 6. The van der Waals surface area contributed by atoms with Crippen molar-refractivity contribution in [3.8, 4) is 0 Å². The lowest BCUT2D eigenvalue weighted by molar-refractivity contribution is -0.538. The highest BCUT2D eigenvalue weighted by atomic mass is 17.3. The number of aliphatic carboxylic acids is 2. The maximum Gasteiger partial charge on any atom is 0.306 e. The maximum atomic E-state index is 11.5. The minimum absolute atomic E-state index is 0.133. The smallest absolute Gasteiger partial charge is 0.306 e. The van der Waals surface area contributed by atoms with Crippen LogP contribution in [0, 0.1) is 5.92 Å². The molecule has 0 aromatic carbocycles. The van der Waals surface area contributed by atoms with Gasteiger partial charge in [0.05, 0.1) is 17.1 Å². The van der Waals surface area contributed by atoms with Gasteiger partial charge in [-0.15, -0.1) is 0 Å². The highest BCUT2D eigenvalue weighted by Crippen LogP contribution is 2.30. The quantitative estimate of drug-likeness (QED) is 0.214. The lowest BCUT2D eigenvalue weighted by Gasteiger charge is -2.34. The van der Waals surface area contributed by atoms with E-state index in [0.717, 1.165) is 25.7 Å². The van der Waals surface area contributed by atoms with Crippen LogP contribution in [0.2, 0.25) is 0 Å². The van der Waals surface area contributed by atoms with E-state index in [0.29, 0.717) is 12.8 Å². The number of carbonyl (C=O) groups is 2. The fourth-order valence-corrected chi connectivity index (χ4v) is 2.05. The lowest BCUT2D eigenvalue weighted by atomic mass is 9.94. The van der Waals surface area contributed by atoms with E-state index < -0.39 is 34.8 Å². The summed E-state index contributed by atoms with van der Waals surface area (Å²) < 4.78 is 0. The highest BCUT2D eigenvalue weighted by Gasteiger charge is 2.38. The molecule has 1 unspecified atom stereocenters. The molecule has 0 aromatic rings. The summed E-state index contributed by atoms with van der Waals surface area (Å²) in [6, 6.07) is 0. The number of carboxylic acids is 2. The largest absolute Gasteiger partial charge is 0.481 e. The summed E-state index contributed by atoms with van der Waals surface area (Å²) in [6.07, 6.45) is 4.53. The van der Waals surface area contributed by atoms with E-state index in [2.05, 4.69) is 0 Å². The molecule has 0 radical (unpaired) electrons. The summed E-state index contributed by atoms with van der Waals surface area (Å²) in [5.74, 6) is -3.46. The van der Waals surface area contributed by atoms with Crippen LogP contribution < -0.4 is 0 Å². The van der Waals surface area contributed by atoms with Crippen LogP contribution in [-0.2, 0) is 29.1 Å². The molecule has 2 N–H and O–H groups in total. The van der Waals surface area contributed by atoms with Crippen LogP contribution in [0.25, 0.3) is 0 Å². The fourth-order valence-electron chi connectivity index (χ4n) is 2.05. The van der Waals surface area contributed by atoms with Crippen LogP contribution in [0.3, 0.4) is 0 Å². The number of carboxylic acid groups (broad SMARTS) is 2. The second kappa shape index (κ2) is 14.7. The molecule has 30 heavy (non-hydrogen) atoms. The zero-order valence-electron chi connectivity index (χ0n) is 20.4. The van der Waals surface area contributed by atoms with Gasteiger partial charge in [-0.2, -0.15) is 9.78 Å². The van der Waals surface area contributed by atoms with E-state index in [4.69, 9.17) is 24.7 Å². The van der Waals surface area contributed by atoms with Crippen LogP contribution >= 0.6 is 0 Å². The highest BCUT2D eigenvalue weighted by molar-refractivity contribution is 5.70. The van der Waals surface area contributed by atoms with E-state index in [9.17, 15) is 14.7 Å². The van der Waals surface area contributed by atoms with E-state index >= 15 is 0 Å². The van der Waals surface area contributed by atoms with Crippen LogP contribution in [0.15, 0.2) is 0 Å². The predicted octanol–water partition coefficient (Wildman–Crippen LogP) is 5.74. The second-order valence-corrected chi connectivity index (χ2v) is 9.57. The van der Waals surface area contributed by atoms with Gasteiger partial charge in [0.15, 0.2) is 0 Å². The first-order valence-electron chi connectivity index (χ1n) is 10.7. The SMILES string of the molecule is CCCCC(=O)O.CCCCC(CC(C)(OOC(C)(C)C)OOC(C)(C)C)C(=O)O. The molecule has 0 amide bonds. The molecular formula is C22H44O8. The summed E-state index contributed by atoms with van der Waals surface area (Å²) in [7, 11) is 0. The Balaban J connectivity index is 0. The molecule has 0 saturated carbocycles. The average molecular weight is 437 g/mol. The predicted molar refractivity (Wildman–Crippen MR) is 115 cm³/mol. The molecule has 0 bridgehead atoms. The van der Waals surface area contributed by atoms with Crippen molar-refractivity contribution in [3.63, 3.8) is 0 Å². The lowest BCUT2D eigenvalue weighted by Crippen LogP contribution is -2.41.